The number of rotatable bonds is 3. The van der Waals surface area contributed by atoms with Gasteiger partial charge in [0.2, 0.25) is 5.91 Å². The highest BCUT2D eigenvalue weighted by Crippen LogP contribution is 2.30. The average Bonchev–Trinajstić information content (AvgIpc) is 2.38. The number of hydrogen-bond donors (Lipinski definition) is 2. The standard InChI is InChI=1S/C16H23N3O/c1-18-9-11-19(12-10-18)15-8-3-2-7-14(15)17-16(20)13-5-4-6-13/h2-3,7-8,13H,4-6,9-12H2,1H3,(H,17,20)/p+1. The number of carbonyl (C=O) groups excluding carboxylic acids is 1. The molecule has 0 atom stereocenters. The van der Waals surface area contributed by atoms with E-state index in [0.29, 0.717) is 0 Å². The maximum atomic E-state index is 12.1. The van der Waals surface area contributed by atoms with Crippen LogP contribution in [0.5, 0.6) is 0 Å². The minimum absolute atomic E-state index is 0.198. The average molecular weight is 274 g/mol. The van der Waals surface area contributed by atoms with Gasteiger partial charge >= 0.3 is 0 Å². The van der Waals surface area contributed by atoms with Gasteiger partial charge in [-0.1, -0.05) is 18.6 Å². The Hall–Kier alpha value is -1.55. The Morgan fingerprint density at radius 1 is 1.25 bits per heavy atom. The van der Waals surface area contributed by atoms with Crippen LogP contribution in [0.25, 0.3) is 0 Å². The number of nitrogens with one attached hydrogen (secondary N) is 2. The maximum Gasteiger partial charge on any atom is 0.227 e. The molecule has 4 heteroatoms. The van der Waals surface area contributed by atoms with E-state index in [-0.39, 0.29) is 11.8 Å². The summed E-state index contributed by atoms with van der Waals surface area (Å²) in [6, 6.07) is 8.20. The molecular formula is C16H24N3O+. The predicted molar refractivity (Wildman–Crippen MR) is 81.2 cm³/mol. The van der Waals surface area contributed by atoms with E-state index in [1.165, 1.54) is 12.1 Å². The molecule has 1 saturated carbocycles. The molecule has 1 aliphatic carbocycles. The Labute approximate surface area is 120 Å². The van der Waals surface area contributed by atoms with Crippen molar-refractivity contribution in [3.63, 3.8) is 0 Å². The number of amides is 1. The van der Waals surface area contributed by atoms with E-state index in [2.05, 4.69) is 29.4 Å². The van der Waals surface area contributed by atoms with Crippen LogP contribution in [0.4, 0.5) is 11.4 Å². The Balaban J connectivity index is 1.72. The first-order chi connectivity index (χ1) is 9.74. The molecule has 0 radical (unpaired) electrons. The second-order valence-corrected chi connectivity index (χ2v) is 6.08. The first-order valence-corrected chi connectivity index (χ1v) is 7.70. The lowest BCUT2D eigenvalue weighted by Crippen LogP contribution is -3.12. The minimum Gasteiger partial charge on any atom is -0.359 e. The molecule has 2 fully saturated rings. The van der Waals surface area contributed by atoms with E-state index in [1.807, 2.05) is 12.1 Å². The van der Waals surface area contributed by atoms with Crippen LogP contribution in [0.15, 0.2) is 24.3 Å². The monoisotopic (exact) mass is 274 g/mol. The van der Waals surface area contributed by atoms with Crippen LogP contribution < -0.4 is 15.1 Å². The fourth-order valence-electron chi connectivity index (χ4n) is 2.89. The highest BCUT2D eigenvalue weighted by Gasteiger charge is 2.26. The number of quaternary nitrogens is 1. The summed E-state index contributed by atoms with van der Waals surface area (Å²) in [5, 5.41) is 3.13. The third-order valence-electron chi connectivity index (χ3n) is 4.60. The van der Waals surface area contributed by atoms with Crippen molar-refractivity contribution in [2.24, 2.45) is 5.92 Å². The highest BCUT2D eigenvalue weighted by atomic mass is 16.1. The van der Waals surface area contributed by atoms with Crippen LogP contribution in [0.1, 0.15) is 19.3 Å². The Morgan fingerprint density at radius 2 is 1.95 bits per heavy atom. The van der Waals surface area contributed by atoms with Gasteiger partial charge in [0.25, 0.3) is 0 Å². The third kappa shape index (κ3) is 2.80. The van der Waals surface area contributed by atoms with Crippen LogP contribution in [0.3, 0.4) is 0 Å². The third-order valence-corrected chi connectivity index (χ3v) is 4.60. The maximum absolute atomic E-state index is 12.1. The van der Waals surface area contributed by atoms with Gasteiger partial charge < -0.3 is 15.1 Å². The number of piperazine rings is 1. The molecule has 1 saturated heterocycles. The number of anilines is 2. The molecule has 0 bridgehead atoms. The zero-order valence-electron chi connectivity index (χ0n) is 12.2. The second kappa shape index (κ2) is 5.83. The normalized spacial score (nSPS) is 20.6. The van der Waals surface area contributed by atoms with Crippen molar-refractivity contribution < 1.29 is 9.69 Å². The van der Waals surface area contributed by atoms with Crippen molar-refractivity contribution in [3.05, 3.63) is 24.3 Å². The van der Waals surface area contributed by atoms with E-state index in [4.69, 9.17) is 0 Å². The number of nitrogens with zero attached hydrogens (tertiary/aromatic N) is 1. The molecule has 3 rings (SSSR count). The van der Waals surface area contributed by atoms with Crippen LogP contribution >= 0.6 is 0 Å². The summed E-state index contributed by atoms with van der Waals surface area (Å²) in [4.78, 5) is 16.1. The van der Waals surface area contributed by atoms with E-state index in [0.717, 1.165) is 44.7 Å². The van der Waals surface area contributed by atoms with Crippen molar-refractivity contribution >= 4 is 17.3 Å². The highest BCUT2D eigenvalue weighted by molar-refractivity contribution is 5.96. The lowest BCUT2D eigenvalue weighted by Gasteiger charge is -2.33. The molecule has 1 aromatic carbocycles. The van der Waals surface area contributed by atoms with Crippen LogP contribution in [0.2, 0.25) is 0 Å². The smallest absolute Gasteiger partial charge is 0.227 e. The fraction of sp³-hybridized carbons (Fsp3) is 0.562. The molecule has 108 valence electrons. The molecule has 1 aromatic rings. The van der Waals surface area contributed by atoms with Crippen molar-refractivity contribution in [1.82, 2.24) is 0 Å². The topological polar surface area (TPSA) is 36.8 Å². The Morgan fingerprint density at radius 3 is 2.60 bits per heavy atom. The zero-order valence-corrected chi connectivity index (χ0v) is 12.2. The first-order valence-electron chi connectivity index (χ1n) is 7.70. The number of para-hydroxylation sites is 2. The lowest BCUT2D eigenvalue weighted by atomic mass is 9.85. The summed E-state index contributed by atoms with van der Waals surface area (Å²) < 4.78 is 0. The van der Waals surface area contributed by atoms with Gasteiger partial charge in [0.15, 0.2) is 0 Å². The molecule has 4 nitrogen and oxygen atoms in total. The fourth-order valence-corrected chi connectivity index (χ4v) is 2.89. The van der Waals surface area contributed by atoms with Crippen molar-refractivity contribution in [3.8, 4) is 0 Å². The van der Waals surface area contributed by atoms with E-state index in [1.54, 1.807) is 4.90 Å². The molecule has 2 N–H and O–H groups in total. The van der Waals surface area contributed by atoms with E-state index < -0.39 is 0 Å². The molecule has 1 aliphatic heterocycles. The van der Waals surface area contributed by atoms with E-state index in [9.17, 15) is 4.79 Å². The largest absolute Gasteiger partial charge is 0.359 e. The van der Waals surface area contributed by atoms with Gasteiger partial charge in [0, 0.05) is 5.92 Å². The summed E-state index contributed by atoms with van der Waals surface area (Å²) in [6.07, 6.45) is 3.29. The molecule has 1 amide bonds. The zero-order chi connectivity index (χ0) is 13.9. The lowest BCUT2D eigenvalue weighted by molar-refractivity contribution is -0.880. The summed E-state index contributed by atoms with van der Waals surface area (Å²) in [7, 11) is 2.24. The van der Waals surface area contributed by atoms with Crippen LogP contribution in [0, 0.1) is 5.92 Å². The van der Waals surface area contributed by atoms with Gasteiger partial charge in [-0.2, -0.15) is 0 Å². The number of carbonyl (C=O) groups is 1. The minimum atomic E-state index is 0.198. The summed E-state index contributed by atoms with van der Waals surface area (Å²) >= 11 is 0. The van der Waals surface area contributed by atoms with E-state index >= 15 is 0 Å². The van der Waals surface area contributed by atoms with Gasteiger partial charge in [0.05, 0.1) is 44.6 Å². The summed E-state index contributed by atoms with van der Waals surface area (Å²) in [6.45, 7) is 4.43. The van der Waals surface area contributed by atoms with Crippen molar-refractivity contribution in [2.45, 2.75) is 19.3 Å². The van der Waals surface area contributed by atoms with Gasteiger partial charge in [-0.05, 0) is 25.0 Å². The summed E-state index contributed by atoms with van der Waals surface area (Å²) in [5.41, 5.74) is 2.15. The summed E-state index contributed by atoms with van der Waals surface area (Å²) in [5.74, 6) is 0.434. The number of benzene rings is 1. The van der Waals surface area contributed by atoms with Gasteiger partial charge in [-0.25, -0.2) is 0 Å². The quantitative estimate of drug-likeness (QED) is 0.854. The molecule has 20 heavy (non-hydrogen) atoms. The molecular weight excluding hydrogens is 250 g/mol. The van der Waals surface area contributed by atoms with Gasteiger partial charge in [-0.3, -0.25) is 4.79 Å². The predicted octanol–water partition coefficient (Wildman–Crippen LogP) is 0.760. The first kappa shape index (κ1) is 13.4. The molecule has 2 aliphatic rings. The van der Waals surface area contributed by atoms with Crippen LogP contribution in [-0.2, 0) is 4.79 Å². The van der Waals surface area contributed by atoms with Gasteiger partial charge in [0.1, 0.15) is 0 Å². The molecule has 1 heterocycles. The van der Waals surface area contributed by atoms with Crippen molar-refractivity contribution in [1.29, 1.82) is 0 Å². The van der Waals surface area contributed by atoms with Crippen molar-refractivity contribution in [2.75, 3.05) is 43.4 Å². The Bertz CT molecular complexity index is 476. The number of likely N-dealkylation sites (N-methyl/N-ethyl adjacent to an activating group) is 1. The van der Waals surface area contributed by atoms with Crippen LogP contribution in [-0.4, -0.2) is 39.1 Å². The molecule has 0 spiro atoms. The molecule has 0 aromatic heterocycles. The Kier molecular flexibility index (Phi) is 3.92. The van der Waals surface area contributed by atoms with Gasteiger partial charge in [-0.15, -0.1) is 0 Å². The number of hydrogen-bond acceptors (Lipinski definition) is 2. The second-order valence-electron chi connectivity index (χ2n) is 6.08. The molecule has 0 unspecified atom stereocenters. The SMILES string of the molecule is C[NH+]1CCN(c2ccccc2NC(=O)C2CCC2)CC1.